The number of allylic oxidation sites excluding steroid dienone is 1. The van der Waals surface area contributed by atoms with Crippen molar-refractivity contribution in [2.45, 2.75) is 32.6 Å². The fraction of sp³-hybridized carbons (Fsp3) is 0.357. The molecule has 0 aliphatic heterocycles. The molecule has 0 heterocycles. The van der Waals surface area contributed by atoms with E-state index in [4.69, 9.17) is 5.26 Å². The summed E-state index contributed by atoms with van der Waals surface area (Å²) in [6.45, 7) is 7.98. The van der Waals surface area contributed by atoms with Crippen molar-refractivity contribution in [3.8, 4) is 6.07 Å². The van der Waals surface area contributed by atoms with Gasteiger partial charge in [-0.2, -0.15) is 5.26 Å². The van der Waals surface area contributed by atoms with Crippen LogP contribution in [0.1, 0.15) is 42.9 Å². The topological polar surface area (TPSA) is 23.8 Å². The van der Waals surface area contributed by atoms with Gasteiger partial charge < -0.3 is 0 Å². The lowest BCUT2D eigenvalue weighted by Crippen LogP contribution is -1.94. The molecule has 15 heavy (non-hydrogen) atoms. The summed E-state index contributed by atoms with van der Waals surface area (Å²) in [6.07, 6.45) is 3.95. The van der Waals surface area contributed by atoms with E-state index in [-0.39, 0.29) is 0 Å². The molecule has 1 aromatic rings. The van der Waals surface area contributed by atoms with Gasteiger partial charge in [0, 0.05) is 0 Å². The lowest BCUT2D eigenvalue weighted by atomic mass is 9.95. The number of nitrogens with zero attached hydrogens (tertiary/aromatic N) is 1. The Labute approximate surface area is 92.1 Å². The van der Waals surface area contributed by atoms with Crippen molar-refractivity contribution in [3.05, 3.63) is 47.5 Å². The molecule has 1 nitrogen and oxygen atoms in total. The van der Waals surface area contributed by atoms with Gasteiger partial charge in [0.1, 0.15) is 0 Å². The first-order chi connectivity index (χ1) is 7.22. The van der Waals surface area contributed by atoms with Crippen molar-refractivity contribution in [2.24, 2.45) is 0 Å². The molecule has 1 aromatic carbocycles. The van der Waals surface area contributed by atoms with Gasteiger partial charge in [0.15, 0.2) is 0 Å². The first kappa shape index (κ1) is 11.5. The van der Waals surface area contributed by atoms with E-state index in [1.54, 1.807) is 0 Å². The first-order valence-electron chi connectivity index (χ1n) is 5.38. The Kier molecular flexibility index (Phi) is 4.12. The summed E-state index contributed by atoms with van der Waals surface area (Å²) in [7, 11) is 0. The van der Waals surface area contributed by atoms with Gasteiger partial charge in [-0.05, 0) is 29.5 Å². The maximum absolute atomic E-state index is 9.05. The summed E-state index contributed by atoms with van der Waals surface area (Å²) in [5.74, 6) is 0.313. The molecule has 0 fully saturated rings. The number of rotatable bonds is 4. The van der Waals surface area contributed by atoms with Crippen molar-refractivity contribution in [3.63, 3.8) is 0 Å². The van der Waals surface area contributed by atoms with Crippen LogP contribution in [0.4, 0.5) is 0 Å². The van der Waals surface area contributed by atoms with Crippen LogP contribution in [0.15, 0.2) is 30.9 Å². The quantitative estimate of drug-likeness (QED) is 0.677. The Morgan fingerprint density at radius 3 is 2.80 bits per heavy atom. The Hall–Kier alpha value is -1.55. The van der Waals surface area contributed by atoms with Gasteiger partial charge in [-0.15, -0.1) is 6.58 Å². The van der Waals surface area contributed by atoms with Crippen LogP contribution in [0.2, 0.25) is 0 Å². The molecule has 0 N–H and O–H groups in total. The lowest BCUT2D eigenvalue weighted by molar-refractivity contribution is 0.909. The highest BCUT2D eigenvalue weighted by atomic mass is 14.2. The highest BCUT2D eigenvalue weighted by molar-refractivity contribution is 5.42. The molecule has 0 aliphatic carbocycles. The van der Waals surface area contributed by atoms with Gasteiger partial charge in [0.25, 0.3) is 0 Å². The normalized spacial score (nSPS) is 11.8. The second kappa shape index (κ2) is 5.36. The van der Waals surface area contributed by atoms with Crippen LogP contribution in [0.3, 0.4) is 0 Å². The maximum Gasteiger partial charge on any atom is 0.0994 e. The summed E-state index contributed by atoms with van der Waals surface area (Å²) >= 11 is 0. The number of hydrogen-bond acceptors (Lipinski definition) is 1. The predicted octanol–water partition coefficient (Wildman–Crippen LogP) is 3.80. The van der Waals surface area contributed by atoms with Crippen LogP contribution in [0, 0.1) is 11.3 Å². The molecule has 1 atom stereocenters. The van der Waals surface area contributed by atoms with E-state index in [1.165, 1.54) is 5.56 Å². The van der Waals surface area contributed by atoms with E-state index in [9.17, 15) is 0 Å². The fourth-order valence-corrected chi connectivity index (χ4v) is 1.60. The van der Waals surface area contributed by atoms with Gasteiger partial charge >= 0.3 is 0 Å². The molecule has 0 saturated carbocycles. The molecule has 1 rings (SSSR count). The van der Waals surface area contributed by atoms with Crippen molar-refractivity contribution in [2.75, 3.05) is 0 Å². The van der Waals surface area contributed by atoms with E-state index in [0.717, 1.165) is 24.0 Å². The van der Waals surface area contributed by atoms with Crippen molar-refractivity contribution >= 4 is 0 Å². The Balaban J connectivity index is 3.08. The highest BCUT2D eigenvalue weighted by Crippen LogP contribution is 2.20. The fourth-order valence-electron chi connectivity index (χ4n) is 1.60. The van der Waals surface area contributed by atoms with Gasteiger partial charge in [-0.25, -0.2) is 0 Å². The van der Waals surface area contributed by atoms with E-state index in [0.29, 0.717) is 5.92 Å². The third-order valence-electron chi connectivity index (χ3n) is 2.65. The van der Waals surface area contributed by atoms with Crippen molar-refractivity contribution in [1.29, 1.82) is 5.26 Å². The molecule has 0 aromatic heterocycles. The van der Waals surface area contributed by atoms with Gasteiger partial charge in [0.05, 0.1) is 11.6 Å². The average molecular weight is 199 g/mol. The van der Waals surface area contributed by atoms with Crippen molar-refractivity contribution in [1.82, 2.24) is 0 Å². The largest absolute Gasteiger partial charge is 0.192 e. The third kappa shape index (κ3) is 2.70. The Morgan fingerprint density at radius 2 is 2.27 bits per heavy atom. The highest BCUT2D eigenvalue weighted by Gasteiger charge is 2.05. The molecule has 0 spiro atoms. The van der Waals surface area contributed by atoms with Crippen LogP contribution in [-0.2, 0) is 6.42 Å². The monoisotopic (exact) mass is 199 g/mol. The van der Waals surface area contributed by atoms with Gasteiger partial charge in [0.2, 0.25) is 0 Å². The molecular weight excluding hydrogens is 182 g/mol. The second-order valence-electron chi connectivity index (χ2n) is 3.80. The molecule has 0 aliphatic rings. The predicted molar refractivity (Wildman–Crippen MR) is 63.8 cm³/mol. The summed E-state index contributed by atoms with van der Waals surface area (Å²) < 4.78 is 0. The zero-order chi connectivity index (χ0) is 11.3. The first-order valence-corrected chi connectivity index (χ1v) is 5.38. The minimum absolute atomic E-state index is 0.313. The summed E-state index contributed by atoms with van der Waals surface area (Å²) in [5.41, 5.74) is 3.13. The van der Waals surface area contributed by atoms with Crippen molar-refractivity contribution < 1.29 is 0 Å². The SMILES string of the molecule is C=CC(C)c1ccc(CCC)c(C#N)c1. The molecule has 0 saturated heterocycles. The molecule has 78 valence electrons. The summed E-state index contributed by atoms with van der Waals surface area (Å²) in [4.78, 5) is 0. The Morgan fingerprint density at radius 1 is 1.53 bits per heavy atom. The van der Waals surface area contributed by atoms with Crippen LogP contribution >= 0.6 is 0 Å². The van der Waals surface area contributed by atoms with Crippen LogP contribution < -0.4 is 0 Å². The number of hydrogen-bond donors (Lipinski definition) is 0. The molecule has 1 heteroatoms. The van der Waals surface area contributed by atoms with E-state index in [1.807, 2.05) is 12.1 Å². The number of benzene rings is 1. The zero-order valence-electron chi connectivity index (χ0n) is 9.46. The molecule has 1 unspecified atom stereocenters. The van der Waals surface area contributed by atoms with Gasteiger partial charge in [-0.3, -0.25) is 0 Å². The van der Waals surface area contributed by atoms with Crippen LogP contribution in [0.5, 0.6) is 0 Å². The average Bonchev–Trinajstić information content (AvgIpc) is 2.29. The number of aryl methyl sites for hydroxylation is 1. The maximum atomic E-state index is 9.05. The van der Waals surface area contributed by atoms with Gasteiger partial charge in [-0.1, -0.05) is 38.5 Å². The second-order valence-corrected chi connectivity index (χ2v) is 3.80. The minimum atomic E-state index is 0.313. The molecular formula is C14H17N. The standard InChI is InChI=1S/C14H17N/c1-4-6-12-7-8-13(11(3)5-2)9-14(12)10-15/h5,7-9,11H,2,4,6H2,1,3H3. The smallest absolute Gasteiger partial charge is 0.0994 e. The summed E-state index contributed by atoms with van der Waals surface area (Å²) in [6, 6.07) is 8.41. The number of nitriles is 1. The molecule has 0 bridgehead atoms. The molecule has 0 radical (unpaired) electrons. The Bertz CT molecular complexity index is 385. The van der Waals surface area contributed by atoms with E-state index in [2.05, 4.69) is 38.6 Å². The summed E-state index contributed by atoms with van der Waals surface area (Å²) in [5, 5.41) is 9.05. The van der Waals surface area contributed by atoms with Crippen LogP contribution in [-0.4, -0.2) is 0 Å². The molecule has 0 amide bonds. The van der Waals surface area contributed by atoms with E-state index < -0.39 is 0 Å². The zero-order valence-corrected chi connectivity index (χ0v) is 9.46. The van der Waals surface area contributed by atoms with E-state index >= 15 is 0 Å². The van der Waals surface area contributed by atoms with Crippen LogP contribution in [0.25, 0.3) is 0 Å². The third-order valence-corrected chi connectivity index (χ3v) is 2.65. The minimum Gasteiger partial charge on any atom is -0.192 e. The lowest BCUT2D eigenvalue weighted by Gasteiger charge is -2.09.